The van der Waals surface area contributed by atoms with Crippen molar-refractivity contribution in [3.8, 4) is 11.5 Å². The van der Waals surface area contributed by atoms with Crippen molar-refractivity contribution in [3.63, 3.8) is 0 Å². The number of ketones is 1. The zero-order valence-corrected chi connectivity index (χ0v) is 20.2. The average molecular weight is 494 g/mol. The van der Waals surface area contributed by atoms with Crippen molar-refractivity contribution in [3.05, 3.63) is 63.1 Å². The number of benzene rings is 2. The van der Waals surface area contributed by atoms with Gasteiger partial charge in [-0.2, -0.15) is 0 Å². The molecule has 0 saturated carbocycles. The van der Waals surface area contributed by atoms with Gasteiger partial charge in [0.15, 0.2) is 5.75 Å². The lowest BCUT2D eigenvalue weighted by Gasteiger charge is -2.25. The quantitative estimate of drug-likeness (QED) is 0.321. The first kappa shape index (κ1) is 24.9. The Hall–Kier alpha value is -2.74. The number of likely N-dealkylation sites (tertiary alicyclic amines) is 1. The summed E-state index contributed by atoms with van der Waals surface area (Å²) < 4.78 is 16.0. The van der Waals surface area contributed by atoms with E-state index in [0.717, 1.165) is 0 Å². The van der Waals surface area contributed by atoms with E-state index in [9.17, 15) is 14.7 Å². The van der Waals surface area contributed by atoms with Gasteiger partial charge in [0, 0.05) is 19.2 Å². The summed E-state index contributed by atoms with van der Waals surface area (Å²) in [7, 11) is 2.92. The fourth-order valence-corrected chi connectivity index (χ4v) is 4.34. The standard InChI is InChI=1S/C24H25Cl2NO6/c1-13(2)33-16-7-5-14(6-8-16)20-19(22(29)24(30)27(20)9-10-31-3)21(28)15-11-17(25)23(32-4)18(26)12-15/h5-8,11-13,20,28H,9-10H2,1-4H3/b21-19+. The van der Waals surface area contributed by atoms with E-state index in [1.54, 1.807) is 24.3 Å². The summed E-state index contributed by atoms with van der Waals surface area (Å²) in [5.41, 5.74) is 0.764. The first-order valence-corrected chi connectivity index (χ1v) is 11.0. The number of halogens is 2. The molecule has 0 bridgehead atoms. The summed E-state index contributed by atoms with van der Waals surface area (Å²) in [6.07, 6.45) is -0.00671. The molecule has 1 saturated heterocycles. The van der Waals surface area contributed by atoms with Gasteiger partial charge in [0.2, 0.25) is 0 Å². The van der Waals surface area contributed by atoms with E-state index in [1.165, 1.54) is 31.3 Å². The molecule has 7 nitrogen and oxygen atoms in total. The fourth-order valence-electron chi connectivity index (χ4n) is 3.69. The van der Waals surface area contributed by atoms with Crippen molar-refractivity contribution in [2.45, 2.75) is 26.0 Å². The molecule has 0 aliphatic carbocycles. The lowest BCUT2D eigenvalue weighted by Crippen LogP contribution is -2.32. The second kappa shape index (κ2) is 10.5. The molecular weight excluding hydrogens is 469 g/mol. The predicted molar refractivity (Wildman–Crippen MR) is 126 cm³/mol. The van der Waals surface area contributed by atoms with Crippen molar-refractivity contribution in [2.24, 2.45) is 0 Å². The summed E-state index contributed by atoms with van der Waals surface area (Å²) in [5.74, 6) is -1.03. The van der Waals surface area contributed by atoms with Crippen molar-refractivity contribution in [2.75, 3.05) is 27.4 Å². The number of aliphatic hydroxyl groups is 1. The molecule has 1 aliphatic rings. The third-order valence-electron chi connectivity index (χ3n) is 5.12. The number of carbonyl (C=O) groups is 2. The van der Waals surface area contributed by atoms with E-state index in [1.807, 2.05) is 13.8 Å². The molecule has 2 aromatic rings. The Morgan fingerprint density at radius 1 is 1.09 bits per heavy atom. The third-order valence-corrected chi connectivity index (χ3v) is 5.68. The highest BCUT2D eigenvalue weighted by Gasteiger charge is 2.46. The van der Waals surface area contributed by atoms with Crippen LogP contribution in [0.1, 0.15) is 31.0 Å². The maximum Gasteiger partial charge on any atom is 0.295 e. The van der Waals surface area contributed by atoms with Crippen LogP contribution in [0.15, 0.2) is 42.0 Å². The molecular formula is C24H25Cl2NO6. The van der Waals surface area contributed by atoms with Gasteiger partial charge in [-0.3, -0.25) is 9.59 Å². The van der Waals surface area contributed by atoms with Crippen LogP contribution in [0.25, 0.3) is 5.76 Å². The maximum absolute atomic E-state index is 13.0. The topological polar surface area (TPSA) is 85.3 Å². The summed E-state index contributed by atoms with van der Waals surface area (Å²) in [6.45, 7) is 4.21. The second-order valence-corrected chi connectivity index (χ2v) is 8.51. The molecule has 9 heteroatoms. The van der Waals surface area contributed by atoms with Crippen LogP contribution >= 0.6 is 23.2 Å². The molecule has 1 amide bonds. The molecule has 33 heavy (non-hydrogen) atoms. The number of methoxy groups -OCH3 is 2. The number of rotatable bonds is 8. The summed E-state index contributed by atoms with van der Waals surface area (Å²) >= 11 is 12.4. The van der Waals surface area contributed by atoms with Crippen LogP contribution in [0.2, 0.25) is 10.0 Å². The molecule has 0 radical (unpaired) electrons. The Balaban J connectivity index is 2.14. The maximum atomic E-state index is 13.0. The number of carbonyl (C=O) groups excluding carboxylic acids is 2. The van der Waals surface area contributed by atoms with Crippen LogP contribution < -0.4 is 9.47 Å². The minimum absolute atomic E-state index is 0.00671. The number of amides is 1. The van der Waals surface area contributed by atoms with Crippen molar-refractivity contribution in [1.29, 1.82) is 0 Å². The number of Topliss-reactive ketones (excluding diaryl/α,β-unsaturated/α-hetero) is 1. The monoisotopic (exact) mass is 493 g/mol. The highest BCUT2D eigenvalue weighted by atomic mass is 35.5. The van der Waals surface area contributed by atoms with E-state index in [0.29, 0.717) is 11.3 Å². The largest absolute Gasteiger partial charge is 0.507 e. The lowest BCUT2D eigenvalue weighted by molar-refractivity contribution is -0.140. The van der Waals surface area contributed by atoms with Gasteiger partial charge in [0.25, 0.3) is 11.7 Å². The Morgan fingerprint density at radius 3 is 2.21 bits per heavy atom. The second-order valence-electron chi connectivity index (χ2n) is 7.69. The SMILES string of the molecule is COCCN1C(=O)C(=O)/C(=C(/O)c2cc(Cl)c(OC)c(Cl)c2)C1c1ccc(OC(C)C)cc1. The lowest BCUT2D eigenvalue weighted by atomic mass is 9.95. The summed E-state index contributed by atoms with van der Waals surface area (Å²) in [6, 6.07) is 9.07. The summed E-state index contributed by atoms with van der Waals surface area (Å²) in [4.78, 5) is 27.3. The van der Waals surface area contributed by atoms with Gasteiger partial charge in [0.05, 0.1) is 41.5 Å². The molecule has 1 atom stereocenters. The van der Waals surface area contributed by atoms with Crippen molar-refractivity contribution in [1.82, 2.24) is 4.90 Å². The zero-order valence-electron chi connectivity index (χ0n) is 18.7. The normalized spacial score (nSPS) is 17.7. The zero-order chi connectivity index (χ0) is 24.3. The third kappa shape index (κ3) is 5.11. The molecule has 0 spiro atoms. The van der Waals surface area contributed by atoms with E-state index in [4.69, 9.17) is 37.4 Å². The minimum atomic E-state index is -0.826. The van der Waals surface area contributed by atoms with Crippen LogP contribution in [-0.4, -0.2) is 55.2 Å². The molecule has 1 heterocycles. The Bertz CT molecular complexity index is 1060. The van der Waals surface area contributed by atoms with Gasteiger partial charge in [-0.15, -0.1) is 0 Å². The van der Waals surface area contributed by atoms with Crippen LogP contribution in [0, 0.1) is 0 Å². The molecule has 3 rings (SSSR count). The van der Waals surface area contributed by atoms with Gasteiger partial charge in [-0.1, -0.05) is 35.3 Å². The van der Waals surface area contributed by atoms with E-state index >= 15 is 0 Å². The molecule has 0 aromatic heterocycles. The van der Waals surface area contributed by atoms with Crippen LogP contribution in [-0.2, 0) is 14.3 Å². The fraction of sp³-hybridized carbons (Fsp3) is 0.333. The Kier molecular flexibility index (Phi) is 7.89. The number of aliphatic hydroxyl groups excluding tert-OH is 1. The molecule has 2 aromatic carbocycles. The summed E-state index contributed by atoms with van der Waals surface area (Å²) in [5, 5.41) is 11.5. The smallest absolute Gasteiger partial charge is 0.295 e. The Labute approximate surface area is 202 Å². The van der Waals surface area contributed by atoms with Crippen molar-refractivity contribution >= 4 is 40.7 Å². The first-order valence-electron chi connectivity index (χ1n) is 10.3. The number of ether oxygens (including phenoxy) is 3. The van der Waals surface area contributed by atoms with Crippen molar-refractivity contribution < 1.29 is 28.9 Å². The first-order chi connectivity index (χ1) is 15.7. The van der Waals surface area contributed by atoms with Crippen LogP contribution in [0.3, 0.4) is 0 Å². The van der Waals surface area contributed by atoms with Gasteiger partial charge in [0.1, 0.15) is 11.5 Å². The van der Waals surface area contributed by atoms with Gasteiger partial charge < -0.3 is 24.2 Å². The molecule has 1 unspecified atom stereocenters. The minimum Gasteiger partial charge on any atom is -0.507 e. The van der Waals surface area contributed by atoms with Gasteiger partial charge in [-0.05, 0) is 43.7 Å². The number of hydrogen-bond acceptors (Lipinski definition) is 6. The highest BCUT2D eigenvalue weighted by Crippen LogP contribution is 2.42. The Morgan fingerprint density at radius 2 is 1.70 bits per heavy atom. The average Bonchev–Trinajstić information content (AvgIpc) is 3.01. The molecule has 1 aliphatic heterocycles. The number of nitrogens with zero attached hydrogens (tertiary/aromatic N) is 1. The van der Waals surface area contributed by atoms with Crippen LogP contribution in [0.5, 0.6) is 11.5 Å². The van der Waals surface area contributed by atoms with Gasteiger partial charge in [-0.25, -0.2) is 0 Å². The van der Waals surface area contributed by atoms with E-state index in [-0.39, 0.29) is 51.9 Å². The van der Waals surface area contributed by atoms with E-state index in [2.05, 4.69) is 0 Å². The molecule has 1 fully saturated rings. The predicted octanol–water partition coefficient (Wildman–Crippen LogP) is 4.86. The van der Waals surface area contributed by atoms with E-state index < -0.39 is 17.7 Å². The van der Waals surface area contributed by atoms with Crippen LogP contribution in [0.4, 0.5) is 0 Å². The van der Waals surface area contributed by atoms with Gasteiger partial charge >= 0.3 is 0 Å². The number of hydrogen-bond donors (Lipinski definition) is 1. The molecule has 176 valence electrons. The molecule has 1 N–H and O–H groups in total. The highest BCUT2D eigenvalue weighted by molar-refractivity contribution is 6.46.